The second kappa shape index (κ2) is 6.79. The molecule has 108 valence electrons. The highest BCUT2D eigenvalue weighted by atomic mass is 16.2. The molecule has 0 bridgehead atoms. The van der Waals surface area contributed by atoms with E-state index in [2.05, 4.69) is 26.3 Å². The van der Waals surface area contributed by atoms with Crippen molar-refractivity contribution in [3.05, 3.63) is 29.8 Å². The molecule has 0 aliphatic carbocycles. The summed E-state index contributed by atoms with van der Waals surface area (Å²) in [5.74, 6) is 0.850. The van der Waals surface area contributed by atoms with Gasteiger partial charge < -0.3 is 21.3 Å². The summed E-state index contributed by atoms with van der Waals surface area (Å²) in [4.78, 5) is 15.8. The molecule has 1 aliphatic heterocycles. The Morgan fingerprint density at radius 2 is 2.10 bits per heavy atom. The fourth-order valence-corrected chi connectivity index (χ4v) is 1.84. The van der Waals surface area contributed by atoms with Crippen molar-refractivity contribution < 1.29 is 4.79 Å². The van der Waals surface area contributed by atoms with Crippen molar-refractivity contribution in [2.24, 2.45) is 4.99 Å². The van der Waals surface area contributed by atoms with Crippen molar-refractivity contribution in [2.45, 2.75) is 26.4 Å². The Labute approximate surface area is 119 Å². The Morgan fingerprint density at radius 1 is 1.35 bits per heavy atom. The molecule has 6 heteroatoms. The summed E-state index contributed by atoms with van der Waals surface area (Å²) in [5.41, 5.74) is 1.92. The second-order valence-electron chi connectivity index (χ2n) is 4.96. The molecule has 0 saturated heterocycles. The Balaban J connectivity index is 1.81. The maximum absolute atomic E-state index is 11.5. The molecule has 1 aromatic carbocycles. The highest BCUT2D eigenvalue weighted by molar-refractivity contribution is 5.89. The molecule has 0 saturated carbocycles. The zero-order chi connectivity index (χ0) is 14.4. The van der Waals surface area contributed by atoms with Gasteiger partial charge in [-0.25, -0.2) is 4.79 Å². The van der Waals surface area contributed by atoms with Gasteiger partial charge in [0.25, 0.3) is 0 Å². The van der Waals surface area contributed by atoms with E-state index < -0.39 is 0 Å². The van der Waals surface area contributed by atoms with Gasteiger partial charge in [-0.05, 0) is 31.5 Å². The van der Waals surface area contributed by atoms with Gasteiger partial charge in [0.05, 0.1) is 6.54 Å². The third-order valence-corrected chi connectivity index (χ3v) is 2.77. The van der Waals surface area contributed by atoms with Crippen LogP contribution in [0.4, 0.5) is 10.5 Å². The minimum Gasteiger partial charge on any atom is -0.355 e. The minimum atomic E-state index is -0.185. The summed E-state index contributed by atoms with van der Waals surface area (Å²) in [6, 6.07) is 7.68. The molecular formula is C14H21N5O. The van der Waals surface area contributed by atoms with E-state index in [1.165, 1.54) is 0 Å². The maximum Gasteiger partial charge on any atom is 0.319 e. The minimum absolute atomic E-state index is 0.123. The Morgan fingerprint density at radius 3 is 2.70 bits per heavy atom. The van der Waals surface area contributed by atoms with Crippen LogP contribution >= 0.6 is 0 Å². The lowest BCUT2D eigenvalue weighted by Crippen LogP contribution is -2.34. The van der Waals surface area contributed by atoms with Gasteiger partial charge in [0.2, 0.25) is 0 Å². The first-order valence-electron chi connectivity index (χ1n) is 6.82. The van der Waals surface area contributed by atoms with Gasteiger partial charge in [0.1, 0.15) is 0 Å². The number of urea groups is 1. The van der Waals surface area contributed by atoms with Crippen LogP contribution in [0.2, 0.25) is 0 Å². The molecule has 2 rings (SSSR count). The fraction of sp³-hybridized carbons (Fsp3) is 0.429. The van der Waals surface area contributed by atoms with Gasteiger partial charge in [-0.3, -0.25) is 4.99 Å². The Bertz CT molecular complexity index is 481. The first kappa shape index (κ1) is 14.2. The largest absolute Gasteiger partial charge is 0.355 e. The number of aliphatic imine (C=N–C) groups is 1. The molecule has 0 unspecified atom stereocenters. The van der Waals surface area contributed by atoms with Crippen LogP contribution in [-0.2, 0) is 6.54 Å². The first-order valence-corrected chi connectivity index (χ1v) is 6.82. The highest BCUT2D eigenvalue weighted by Gasteiger charge is 2.05. The van der Waals surface area contributed by atoms with Gasteiger partial charge in [-0.15, -0.1) is 0 Å². The average Bonchev–Trinajstić information content (AvgIpc) is 2.90. The summed E-state index contributed by atoms with van der Waals surface area (Å²) in [5, 5.41) is 12.0. The number of carbonyl (C=O) groups excluding carboxylic acids is 1. The number of guanidine groups is 1. The van der Waals surface area contributed by atoms with Crippen molar-refractivity contribution in [3.63, 3.8) is 0 Å². The van der Waals surface area contributed by atoms with Gasteiger partial charge in [0.15, 0.2) is 5.96 Å². The third kappa shape index (κ3) is 4.46. The second-order valence-corrected chi connectivity index (χ2v) is 4.96. The van der Waals surface area contributed by atoms with Crippen LogP contribution in [0.5, 0.6) is 0 Å². The number of carbonyl (C=O) groups is 1. The van der Waals surface area contributed by atoms with Crippen LogP contribution in [0.15, 0.2) is 29.3 Å². The average molecular weight is 275 g/mol. The van der Waals surface area contributed by atoms with E-state index in [0.29, 0.717) is 6.54 Å². The van der Waals surface area contributed by atoms with E-state index in [9.17, 15) is 4.79 Å². The third-order valence-electron chi connectivity index (χ3n) is 2.77. The van der Waals surface area contributed by atoms with Gasteiger partial charge in [-0.1, -0.05) is 12.1 Å². The highest BCUT2D eigenvalue weighted by Crippen LogP contribution is 2.09. The van der Waals surface area contributed by atoms with E-state index in [1.807, 2.05) is 38.1 Å². The van der Waals surface area contributed by atoms with E-state index in [-0.39, 0.29) is 12.1 Å². The zero-order valence-electron chi connectivity index (χ0n) is 11.9. The number of nitrogens with one attached hydrogen (secondary N) is 4. The van der Waals surface area contributed by atoms with E-state index >= 15 is 0 Å². The predicted molar refractivity (Wildman–Crippen MR) is 80.9 cm³/mol. The smallest absolute Gasteiger partial charge is 0.319 e. The van der Waals surface area contributed by atoms with Crippen LogP contribution in [0.1, 0.15) is 19.4 Å². The van der Waals surface area contributed by atoms with Crippen molar-refractivity contribution in [1.82, 2.24) is 16.0 Å². The summed E-state index contributed by atoms with van der Waals surface area (Å²) in [6.45, 7) is 6.29. The number of hydrogen-bond acceptors (Lipinski definition) is 4. The van der Waals surface area contributed by atoms with Gasteiger partial charge in [0, 0.05) is 24.8 Å². The van der Waals surface area contributed by atoms with Crippen molar-refractivity contribution in [2.75, 3.05) is 18.4 Å². The van der Waals surface area contributed by atoms with Crippen LogP contribution in [0, 0.1) is 0 Å². The lowest BCUT2D eigenvalue weighted by Gasteiger charge is -2.11. The van der Waals surface area contributed by atoms with Gasteiger partial charge in [-0.2, -0.15) is 0 Å². The lowest BCUT2D eigenvalue weighted by molar-refractivity contribution is 0.250. The Hall–Kier alpha value is -2.24. The summed E-state index contributed by atoms with van der Waals surface area (Å²) in [7, 11) is 0. The number of benzene rings is 1. The molecule has 0 aromatic heterocycles. The number of rotatable bonds is 4. The molecule has 2 amide bonds. The molecule has 0 radical (unpaired) electrons. The SMILES string of the molecule is CC(C)NC(=O)Nc1ccc(CNC2=NCCN2)cc1. The molecule has 1 aromatic rings. The number of amides is 2. The van der Waals surface area contributed by atoms with Gasteiger partial charge >= 0.3 is 6.03 Å². The number of nitrogens with zero attached hydrogens (tertiary/aromatic N) is 1. The van der Waals surface area contributed by atoms with Crippen molar-refractivity contribution >= 4 is 17.7 Å². The van der Waals surface area contributed by atoms with Crippen LogP contribution in [0.3, 0.4) is 0 Å². The van der Waals surface area contributed by atoms with Crippen molar-refractivity contribution in [3.8, 4) is 0 Å². The molecule has 0 fully saturated rings. The molecule has 6 nitrogen and oxygen atoms in total. The zero-order valence-corrected chi connectivity index (χ0v) is 11.9. The monoisotopic (exact) mass is 275 g/mol. The van der Waals surface area contributed by atoms with Crippen molar-refractivity contribution in [1.29, 1.82) is 0 Å². The summed E-state index contributed by atoms with van der Waals surface area (Å²) in [6.07, 6.45) is 0. The molecular weight excluding hydrogens is 254 g/mol. The quantitative estimate of drug-likeness (QED) is 0.668. The van der Waals surface area contributed by atoms with Crippen LogP contribution in [-0.4, -0.2) is 31.1 Å². The summed E-state index contributed by atoms with van der Waals surface area (Å²) < 4.78 is 0. The first-order chi connectivity index (χ1) is 9.63. The summed E-state index contributed by atoms with van der Waals surface area (Å²) >= 11 is 0. The van der Waals surface area contributed by atoms with E-state index in [1.54, 1.807) is 0 Å². The molecule has 4 N–H and O–H groups in total. The van der Waals surface area contributed by atoms with E-state index in [4.69, 9.17) is 0 Å². The molecule has 20 heavy (non-hydrogen) atoms. The molecule has 1 heterocycles. The van der Waals surface area contributed by atoms with E-state index in [0.717, 1.165) is 30.3 Å². The van der Waals surface area contributed by atoms with Crippen LogP contribution < -0.4 is 21.3 Å². The maximum atomic E-state index is 11.5. The molecule has 0 atom stereocenters. The molecule has 1 aliphatic rings. The normalized spacial score (nSPS) is 13.7. The standard InChI is InChI=1S/C14H21N5O/c1-10(2)18-14(20)19-12-5-3-11(4-6-12)9-17-13-15-7-8-16-13/h3-6,10H,7-9H2,1-2H3,(H2,15,16,17)(H2,18,19,20). The number of anilines is 1. The fourth-order valence-electron chi connectivity index (χ4n) is 1.84. The van der Waals surface area contributed by atoms with Crippen LogP contribution in [0.25, 0.3) is 0 Å². The Kier molecular flexibility index (Phi) is 4.81. The molecule has 0 spiro atoms. The predicted octanol–water partition coefficient (Wildman–Crippen LogP) is 1.27. The topological polar surface area (TPSA) is 77.6 Å². The lowest BCUT2D eigenvalue weighted by atomic mass is 10.2. The number of hydrogen-bond donors (Lipinski definition) is 4.